The van der Waals surface area contributed by atoms with Crippen molar-refractivity contribution in [2.75, 3.05) is 6.61 Å². The number of hydrogen-bond acceptors (Lipinski definition) is 7. The average molecular weight is 648 g/mol. The van der Waals surface area contributed by atoms with Gasteiger partial charge in [-0.2, -0.15) is 8.42 Å². The van der Waals surface area contributed by atoms with E-state index >= 15 is 0 Å². The maximum Gasteiger partial charge on any atom is 0.268 e. The molecule has 0 radical (unpaired) electrons. The summed E-state index contributed by atoms with van der Waals surface area (Å²) >= 11 is 0. The van der Waals surface area contributed by atoms with Gasteiger partial charge in [0.1, 0.15) is 17.6 Å². The van der Waals surface area contributed by atoms with Crippen molar-refractivity contribution in [3.8, 4) is 11.5 Å². The Morgan fingerprint density at radius 1 is 0.935 bits per heavy atom. The first-order chi connectivity index (χ1) is 22.1. The van der Waals surface area contributed by atoms with Crippen molar-refractivity contribution in [3.05, 3.63) is 107 Å². The van der Waals surface area contributed by atoms with E-state index in [-0.39, 0.29) is 42.7 Å². The van der Waals surface area contributed by atoms with Crippen LogP contribution in [0.5, 0.6) is 11.5 Å². The van der Waals surface area contributed by atoms with Gasteiger partial charge in [-0.3, -0.25) is 4.55 Å². The van der Waals surface area contributed by atoms with Crippen LogP contribution in [0.25, 0.3) is 0 Å². The number of ether oxygens (including phenoxy) is 2. The molecule has 0 unspecified atom stereocenters. The molecule has 7 N–H and O–H groups in total. The van der Waals surface area contributed by atoms with Crippen molar-refractivity contribution in [3.63, 3.8) is 0 Å². The molecule has 9 rings (SSSR count). The molecule has 5 heterocycles. The van der Waals surface area contributed by atoms with Crippen molar-refractivity contribution >= 4 is 16.1 Å². The minimum atomic E-state index is -4.48. The van der Waals surface area contributed by atoms with Crippen LogP contribution in [0.3, 0.4) is 0 Å². The molecule has 7 atom stereocenters. The molecule has 6 aliphatic rings. The summed E-state index contributed by atoms with van der Waals surface area (Å²) in [5, 5.41) is 18.6. The van der Waals surface area contributed by atoms with Crippen LogP contribution < -0.4 is 16.2 Å². The van der Waals surface area contributed by atoms with Crippen LogP contribution in [0.15, 0.2) is 89.4 Å². The van der Waals surface area contributed by atoms with Gasteiger partial charge in [0.05, 0.1) is 11.4 Å². The van der Waals surface area contributed by atoms with Gasteiger partial charge >= 0.3 is 0 Å². The Morgan fingerprint density at radius 3 is 2.26 bits per heavy atom. The zero-order valence-electron chi connectivity index (χ0n) is 25.5. The summed E-state index contributed by atoms with van der Waals surface area (Å²) in [6.07, 6.45) is 3.75. The van der Waals surface area contributed by atoms with E-state index in [1.165, 1.54) is 0 Å². The lowest BCUT2D eigenvalue weighted by Gasteiger charge is -2.40. The Hall–Kier alpha value is -3.90. The van der Waals surface area contributed by atoms with Gasteiger partial charge in [-0.25, -0.2) is 4.99 Å². The van der Waals surface area contributed by atoms with E-state index in [0.29, 0.717) is 37.9 Å². The number of rotatable bonds is 6. The average Bonchev–Trinajstić information content (AvgIpc) is 3.16. The number of guanidine groups is 1. The van der Waals surface area contributed by atoms with Crippen LogP contribution in [0.1, 0.15) is 72.6 Å². The van der Waals surface area contributed by atoms with E-state index in [1.807, 2.05) is 54.6 Å². The summed E-state index contributed by atoms with van der Waals surface area (Å²) in [5.41, 5.74) is 15.9. The number of aliphatic hydroxyl groups is 1. The van der Waals surface area contributed by atoms with Crippen LogP contribution >= 0.6 is 0 Å². The Bertz CT molecular complexity index is 1670. The highest BCUT2D eigenvalue weighted by atomic mass is 32.2. The highest BCUT2D eigenvalue weighted by molar-refractivity contribution is 7.86. The van der Waals surface area contributed by atoms with Gasteiger partial charge < -0.3 is 31.2 Å². The highest BCUT2D eigenvalue weighted by Gasteiger charge is 2.46. The molecule has 0 amide bonds. The summed E-state index contributed by atoms with van der Waals surface area (Å²) in [6, 6.07) is 22.0. The summed E-state index contributed by atoms with van der Waals surface area (Å²) in [5.74, 6) is -0.226. The Morgan fingerprint density at radius 2 is 1.61 bits per heavy atom. The number of benzene rings is 3. The molecule has 0 spiro atoms. The molecule has 5 aliphatic heterocycles. The smallest absolute Gasteiger partial charge is 0.268 e. The number of aliphatic hydroxyl groups excluding tert-OH is 1. The predicted octanol–water partition coefficient (Wildman–Crippen LogP) is 4.89. The number of aryl methyl sites for hydroxylation is 1. The molecule has 3 aromatic rings. The number of aliphatic imine (C=N–C) groups is 1. The quantitative estimate of drug-likeness (QED) is 0.108. The number of nitrogens with zero attached hydrogens (tertiary/aromatic N) is 1. The molecular weight excluding hydrogens is 606 g/mol. The number of phenolic OH excluding ortho intramolecular Hbond substituents is 1. The minimum absolute atomic E-state index is 0.00907. The van der Waals surface area contributed by atoms with Crippen LogP contribution in [0, 0.1) is 11.8 Å². The third kappa shape index (κ3) is 7.07. The number of fused-ring (bicyclic) bond motifs is 2. The SMILES string of the molecule is NC(N)=N[C@@H]1Oc2ccc(cc2)CC[C@@H](S(=O)(=O)O)[C@H]2C=C3C[C@@H](C[C@@H](CCCO)O[C@H]3c3ccc(O)cc3)[C@H]2c2ccc1cc2. The van der Waals surface area contributed by atoms with Crippen molar-refractivity contribution in [2.24, 2.45) is 28.3 Å². The monoisotopic (exact) mass is 647 g/mol. The molecule has 1 saturated heterocycles. The number of nitrogens with two attached hydrogens (primary N) is 2. The number of allylic oxidation sites excluding steroid dienone is 1. The van der Waals surface area contributed by atoms with Gasteiger partial charge in [0.15, 0.2) is 5.96 Å². The lowest BCUT2D eigenvalue weighted by Crippen LogP contribution is -2.38. The number of aromatic hydroxyl groups is 1. The summed E-state index contributed by atoms with van der Waals surface area (Å²) < 4.78 is 50.3. The normalized spacial score (nSPS) is 27.7. The van der Waals surface area contributed by atoms with Gasteiger partial charge in [-0.05, 0) is 96.9 Å². The van der Waals surface area contributed by atoms with E-state index in [4.69, 9.17) is 20.9 Å². The maximum absolute atomic E-state index is 13.3. The topological polar surface area (TPSA) is 178 Å². The van der Waals surface area contributed by atoms with Crippen molar-refractivity contribution < 1.29 is 32.7 Å². The van der Waals surface area contributed by atoms with Gasteiger partial charge in [-0.15, -0.1) is 0 Å². The highest BCUT2D eigenvalue weighted by Crippen LogP contribution is 2.52. The number of phenols is 1. The fourth-order valence-corrected chi connectivity index (χ4v) is 8.50. The lowest BCUT2D eigenvalue weighted by atomic mass is 9.66. The van der Waals surface area contributed by atoms with Gasteiger partial charge in [0.25, 0.3) is 10.1 Å². The largest absolute Gasteiger partial charge is 0.508 e. The zero-order chi connectivity index (χ0) is 32.4. The molecule has 11 heteroatoms. The zero-order valence-corrected chi connectivity index (χ0v) is 26.3. The number of hydrogen-bond donors (Lipinski definition) is 5. The van der Waals surface area contributed by atoms with Gasteiger partial charge in [0, 0.05) is 18.1 Å². The molecule has 0 saturated carbocycles. The van der Waals surface area contributed by atoms with Crippen LogP contribution in [-0.4, -0.2) is 47.1 Å². The fraction of sp³-hybridized carbons (Fsp3) is 0.400. The molecule has 1 fully saturated rings. The Labute approximate surface area is 269 Å². The van der Waals surface area contributed by atoms with Crippen molar-refractivity contribution in [1.29, 1.82) is 0 Å². The van der Waals surface area contributed by atoms with E-state index in [2.05, 4.69) is 4.99 Å². The van der Waals surface area contributed by atoms with Crippen LogP contribution in [0.4, 0.5) is 0 Å². The third-order valence-electron chi connectivity index (χ3n) is 9.51. The van der Waals surface area contributed by atoms with E-state index < -0.39 is 33.6 Å². The maximum atomic E-state index is 13.3. The van der Waals surface area contributed by atoms with E-state index in [9.17, 15) is 23.2 Å². The molecule has 6 bridgehead atoms. The lowest BCUT2D eigenvalue weighted by molar-refractivity contribution is -0.00268. The Kier molecular flexibility index (Phi) is 9.37. The predicted molar refractivity (Wildman–Crippen MR) is 175 cm³/mol. The van der Waals surface area contributed by atoms with Crippen molar-refractivity contribution in [1.82, 2.24) is 0 Å². The first kappa shape index (κ1) is 32.1. The first-order valence-electron chi connectivity index (χ1n) is 15.8. The summed E-state index contributed by atoms with van der Waals surface area (Å²) in [4.78, 5) is 4.32. The minimum Gasteiger partial charge on any atom is -0.508 e. The van der Waals surface area contributed by atoms with Gasteiger partial charge in [0.2, 0.25) is 6.23 Å². The first-order valence-corrected chi connectivity index (χ1v) is 17.3. The summed E-state index contributed by atoms with van der Waals surface area (Å²) in [7, 11) is -4.48. The van der Waals surface area contributed by atoms with Crippen molar-refractivity contribution in [2.45, 2.75) is 68.1 Å². The van der Waals surface area contributed by atoms with E-state index in [1.54, 1.807) is 24.3 Å². The standard InChI is InChI=1S/C35H41N3O7S/c36-35(37)38-34-24-8-6-22(7-9-24)32-25-18-26(33(23-10-12-27(40)13-11-23)44-29(19-25)2-1-17-39)20-30(32)31(46(41,42)43)16-5-21-3-14-28(45-34)15-4-21/h3-4,6-15,20,25,29-34,39-40H,1-2,5,16-19H2,(H4,36,37,38)(H,41,42,43)/t25-,29+,30+,31+,32+,33-,34+/m0/s1. The Balaban J connectivity index is 1.51. The molecule has 0 aromatic heterocycles. The van der Waals surface area contributed by atoms with Gasteiger partial charge in [-0.1, -0.05) is 54.6 Å². The fourth-order valence-electron chi connectivity index (χ4n) is 7.44. The molecular formula is C35H41N3O7S. The molecule has 1 aliphatic carbocycles. The summed E-state index contributed by atoms with van der Waals surface area (Å²) in [6.45, 7) is 0.0371. The third-order valence-corrected chi connectivity index (χ3v) is 10.8. The molecule has 3 aromatic carbocycles. The molecule has 46 heavy (non-hydrogen) atoms. The van der Waals surface area contributed by atoms with Crippen LogP contribution in [0.2, 0.25) is 0 Å². The van der Waals surface area contributed by atoms with E-state index in [0.717, 1.165) is 27.8 Å². The van der Waals surface area contributed by atoms with Crippen LogP contribution in [-0.2, 0) is 21.3 Å². The molecule has 10 nitrogen and oxygen atoms in total. The second-order valence-electron chi connectivity index (χ2n) is 12.6. The second kappa shape index (κ2) is 13.4. The second-order valence-corrected chi connectivity index (χ2v) is 14.2. The molecule has 244 valence electrons.